The maximum atomic E-state index is 12.4. The lowest BCUT2D eigenvalue weighted by atomic mass is 10.0. The summed E-state index contributed by atoms with van der Waals surface area (Å²) in [6, 6.07) is 13.5. The highest BCUT2D eigenvalue weighted by Gasteiger charge is 2.19. The van der Waals surface area contributed by atoms with Crippen LogP contribution in [-0.4, -0.2) is 44.1 Å². The Morgan fingerprint density at radius 3 is 2.69 bits per heavy atom. The number of hydrogen-bond donors (Lipinski definition) is 1. The fourth-order valence-electron chi connectivity index (χ4n) is 3.42. The van der Waals surface area contributed by atoms with Gasteiger partial charge in [0, 0.05) is 28.7 Å². The normalized spacial score (nSPS) is 17.7. The lowest BCUT2D eigenvalue weighted by molar-refractivity contribution is 0.0928. The minimum atomic E-state index is -0.0337. The van der Waals surface area contributed by atoms with Crippen LogP contribution in [0.3, 0.4) is 0 Å². The third-order valence-electron chi connectivity index (χ3n) is 5.04. The summed E-state index contributed by atoms with van der Waals surface area (Å²) in [5.41, 5.74) is 2.54. The number of nitrogens with one attached hydrogen (secondary N) is 1. The first kappa shape index (κ1) is 18.7. The minimum Gasteiger partial charge on any atom is -0.496 e. The Balaban J connectivity index is 1.67. The summed E-state index contributed by atoms with van der Waals surface area (Å²) in [4.78, 5) is 14.8. The number of halogens is 1. The fourth-order valence-corrected chi connectivity index (χ4v) is 3.59. The standard InChI is InChI=1S/C21H25ClN2O2/c1-24-12-4-3-5-18(24)14-23-21(25)16-8-6-15(7-9-16)19-13-17(22)10-11-20(19)26-2/h6-11,13,18H,3-5,12,14H2,1-2H3,(H,23,25)/t18-/m0/s1. The molecule has 1 amide bonds. The SMILES string of the molecule is COc1ccc(Cl)cc1-c1ccc(C(=O)NC[C@@H]2CCCCN2C)cc1. The monoisotopic (exact) mass is 372 g/mol. The second-order valence-corrected chi connectivity index (χ2v) is 7.20. The number of nitrogens with zero attached hydrogens (tertiary/aromatic N) is 1. The maximum absolute atomic E-state index is 12.4. The number of ether oxygens (including phenoxy) is 1. The molecule has 0 saturated carbocycles. The van der Waals surface area contributed by atoms with Crippen molar-refractivity contribution in [2.45, 2.75) is 25.3 Å². The highest BCUT2D eigenvalue weighted by atomic mass is 35.5. The third kappa shape index (κ3) is 4.37. The van der Waals surface area contributed by atoms with Gasteiger partial charge in [0.05, 0.1) is 7.11 Å². The number of benzene rings is 2. The highest BCUT2D eigenvalue weighted by molar-refractivity contribution is 6.31. The zero-order valence-electron chi connectivity index (χ0n) is 15.3. The van der Waals surface area contributed by atoms with Crippen molar-refractivity contribution in [3.63, 3.8) is 0 Å². The van der Waals surface area contributed by atoms with Crippen LogP contribution in [0.15, 0.2) is 42.5 Å². The molecule has 1 aliphatic heterocycles. The predicted molar refractivity (Wildman–Crippen MR) is 106 cm³/mol. The van der Waals surface area contributed by atoms with Gasteiger partial charge in [-0.15, -0.1) is 0 Å². The highest BCUT2D eigenvalue weighted by Crippen LogP contribution is 2.32. The van der Waals surface area contributed by atoms with E-state index in [0.717, 1.165) is 29.8 Å². The van der Waals surface area contributed by atoms with E-state index in [1.807, 2.05) is 36.4 Å². The number of piperidine rings is 1. The molecule has 4 nitrogen and oxygen atoms in total. The second kappa shape index (κ2) is 8.56. The van der Waals surface area contributed by atoms with Crippen LogP contribution in [0.25, 0.3) is 11.1 Å². The van der Waals surface area contributed by atoms with Crippen molar-refractivity contribution in [2.75, 3.05) is 27.2 Å². The topological polar surface area (TPSA) is 41.6 Å². The van der Waals surface area contributed by atoms with Crippen molar-refractivity contribution in [3.05, 3.63) is 53.1 Å². The summed E-state index contributed by atoms with van der Waals surface area (Å²) in [5.74, 6) is 0.723. The van der Waals surface area contributed by atoms with E-state index in [4.69, 9.17) is 16.3 Å². The molecule has 0 bridgehead atoms. The zero-order chi connectivity index (χ0) is 18.5. The Morgan fingerprint density at radius 1 is 1.23 bits per heavy atom. The van der Waals surface area contributed by atoms with Gasteiger partial charge >= 0.3 is 0 Å². The van der Waals surface area contributed by atoms with Gasteiger partial charge in [0.15, 0.2) is 0 Å². The fraction of sp³-hybridized carbons (Fsp3) is 0.381. The van der Waals surface area contributed by atoms with Crippen molar-refractivity contribution in [1.82, 2.24) is 10.2 Å². The van der Waals surface area contributed by atoms with Crippen LogP contribution in [0, 0.1) is 0 Å². The molecule has 0 unspecified atom stereocenters. The summed E-state index contributed by atoms with van der Waals surface area (Å²) >= 11 is 6.11. The molecule has 138 valence electrons. The molecular formula is C21H25ClN2O2. The molecule has 0 aromatic heterocycles. The van der Waals surface area contributed by atoms with Crippen molar-refractivity contribution in [2.24, 2.45) is 0 Å². The number of carbonyl (C=O) groups is 1. The lowest BCUT2D eigenvalue weighted by Crippen LogP contribution is -2.44. The number of methoxy groups -OCH3 is 1. The van der Waals surface area contributed by atoms with E-state index in [0.29, 0.717) is 23.2 Å². The molecule has 1 aliphatic rings. The van der Waals surface area contributed by atoms with Crippen LogP contribution in [0.4, 0.5) is 0 Å². The number of likely N-dealkylation sites (tertiary alicyclic amines) is 1. The molecule has 2 aromatic carbocycles. The summed E-state index contributed by atoms with van der Waals surface area (Å²) in [6.45, 7) is 1.80. The van der Waals surface area contributed by atoms with Crippen LogP contribution >= 0.6 is 11.6 Å². The Kier molecular flexibility index (Phi) is 6.17. The van der Waals surface area contributed by atoms with Crippen molar-refractivity contribution in [3.8, 4) is 16.9 Å². The molecule has 5 heteroatoms. The molecular weight excluding hydrogens is 348 g/mol. The average Bonchev–Trinajstić information content (AvgIpc) is 2.67. The number of likely N-dealkylation sites (N-methyl/N-ethyl adjacent to an activating group) is 1. The molecule has 1 heterocycles. The first-order valence-corrected chi connectivity index (χ1v) is 9.38. The molecule has 1 atom stereocenters. The first-order valence-electron chi connectivity index (χ1n) is 9.01. The molecule has 3 rings (SSSR count). The van der Waals surface area contributed by atoms with E-state index < -0.39 is 0 Å². The van der Waals surface area contributed by atoms with E-state index in [2.05, 4.69) is 17.3 Å². The smallest absolute Gasteiger partial charge is 0.251 e. The van der Waals surface area contributed by atoms with Crippen LogP contribution in [0.2, 0.25) is 5.02 Å². The molecule has 0 aliphatic carbocycles. The Bertz CT molecular complexity index is 761. The van der Waals surface area contributed by atoms with Gasteiger partial charge in [0.25, 0.3) is 5.91 Å². The Labute approximate surface area is 160 Å². The van der Waals surface area contributed by atoms with Crippen LogP contribution in [-0.2, 0) is 0 Å². The van der Waals surface area contributed by atoms with Crippen molar-refractivity contribution in [1.29, 1.82) is 0 Å². The second-order valence-electron chi connectivity index (χ2n) is 6.76. The summed E-state index contributed by atoms with van der Waals surface area (Å²) in [7, 11) is 3.76. The Hall–Kier alpha value is -2.04. The molecule has 0 radical (unpaired) electrons. The number of rotatable bonds is 5. The molecule has 0 spiro atoms. The van der Waals surface area contributed by atoms with Gasteiger partial charge in [0.1, 0.15) is 5.75 Å². The zero-order valence-corrected chi connectivity index (χ0v) is 16.1. The van der Waals surface area contributed by atoms with E-state index in [-0.39, 0.29) is 5.91 Å². The predicted octanol–water partition coefficient (Wildman–Crippen LogP) is 4.23. The van der Waals surface area contributed by atoms with E-state index in [9.17, 15) is 4.79 Å². The van der Waals surface area contributed by atoms with Gasteiger partial charge in [-0.05, 0) is 62.3 Å². The minimum absolute atomic E-state index is 0.0337. The van der Waals surface area contributed by atoms with E-state index >= 15 is 0 Å². The Morgan fingerprint density at radius 2 is 2.00 bits per heavy atom. The number of hydrogen-bond acceptors (Lipinski definition) is 3. The van der Waals surface area contributed by atoms with Gasteiger partial charge < -0.3 is 15.0 Å². The van der Waals surface area contributed by atoms with Crippen LogP contribution < -0.4 is 10.1 Å². The molecule has 1 N–H and O–H groups in total. The van der Waals surface area contributed by atoms with Crippen molar-refractivity contribution < 1.29 is 9.53 Å². The van der Waals surface area contributed by atoms with Gasteiger partial charge in [-0.2, -0.15) is 0 Å². The summed E-state index contributed by atoms with van der Waals surface area (Å²) in [6.07, 6.45) is 3.63. The lowest BCUT2D eigenvalue weighted by Gasteiger charge is -2.32. The molecule has 26 heavy (non-hydrogen) atoms. The molecule has 2 aromatic rings. The van der Waals surface area contributed by atoms with E-state index in [1.54, 1.807) is 13.2 Å². The maximum Gasteiger partial charge on any atom is 0.251 e. The average molecular weight is 373 g/mol. The summed E-state index contributed by atoms with van der Waals surface area (Å²) < 4.78 is 5.41. The number of carbonyl (C=O) groups excluding carboxylic acids is 1. The first-order chi connectivity index (χ1) is 12.6. The third-order valence-corrected chi connectivity index (χ3v) is 5.27. The van der Waals surface area contributed by atoms with Crippen molar-refractivity contribution >= 4 is 17.5 Å². The summed E-state index contributed by atoms with van der Waals surface area (Å²) in [5, 5.41) is 3.72. The van der Waals surface area contributed by atoms with Gasteiger partial charge in [-0.25, -0.2) is 0 Å². The molecule has 1 saturated heterocycles. The number of amides is 1. The van der Waals surface area contributed by atoms with Gasteiger partial charge in [0.2, 0.25) is 0 Å². The van der Waals surface area contributed by atoms with Gasteiger partial charge in [-0.1, -0.05) is 30.2 Å². The van der Waals surface area contributed by atoms with Gasteiger partial charge in [-0.3, -0.25) is 4.79 Å². The largest absolute Gasteiger partial charge is 0.496 e. The molecule has 1 fully saturated rings. The van der Waals surface area contributed by atoms with Crippen LogP contribution in [0.5, 0.6) is 5.75 Å². The van der Waals surface area contributed by atoms with E-state index in [1.165, 1.54) is 12.8 Å². The van der Waals surface area contributed by atoms with Crippen LogP contribution in [0.1, 0.15) is 29.6 Å². The quantitative estimate of drug-likeness (QED) is 0.853.